The number of hydrogen-bond donors (Lipinski definition) is 1. The molecule has 0 aromatic heterocycles. The second-order valence-electron chi connectivity index (χ2n) is 2.73. The standard InChI is InChI=1S/C10H11BrN2S/c1-14-5-4-13-9-3-2-8(7-12)10(11)6-9/h2-3,6,13H,4-5H2,1H3. The fourth-order valence-corrected chi connectivity index (χ4v) is 1.79. The van der Waals surface area contributed by atoms with Gasteiger partial charge in [0, 0.05) is 22.5 Å². The number of hydrogen-bond acceptors (Lipinski definition) is 3. The SMILES string of the molecule is CSCCNc1ccc(C#N)c(Br)c1. The van der Waals surface area contributed by atoms with E-state index in [1.807, 2.05) is 18.2 Å². The highest BCUT2D eigenvalue weighted by molar-refractivity contribution is 9.10. The lowest BCUT2D eigenvalue weighted by Crippen LogP contribution is -2.03. The molecule has 0 bridgehead atoms. The molecule has 74 valence electrons. The van der Waals surface area contributed by atoms with Crippen molar-refractivity contribution in [2.75, 3.05) is 23.9 Å². The normalized spacial score (nSPS) is 9.50. The molecule has 14 heavy (non-hydrogen) atoms. The van der Waals surface area contributed by atoms with Gasteiger partial charge in [0.25, 0.3) is 0 Å². The minimum Gasteiger partial charge on any atom is -0.384 e. The number of thioether (sulfide) groups is 1. The van der Waals surface area contributed by atoms with Gasteiger partial charge in [0.2, 0.25) is 0 Å². The second kappa shape index (κ2) is 5.94. The Bertz CT molecular complexity index is 346. The smallest absolute Gasteiger partial charge is 0.100 e. The third kappa shape index (κ3) is 3.24. The highest BCUT2D eigenvalue weighted by Crippen LogP contribution is 2.20. The zero-order chi connectivity index (χ0) is 10.4. The van der Waals surface area contributed by atoms with Gasteiger partial charge in [0.1, 0.15) is 6.07 Å². The van der Waals surface area contributed by atoms with Crippen molar-refractivity contribution in [1.29, 1.82) is 5.26 Å². The van der Waals surface area contributed by atoms with E-state index in [9.17, 15) is 0 Å². The molecule has 1 aromatic carbocycles. The molecule has 0 amide bonds. The summed E-state index contributed by atoms with van der Waals surface area (Å²) in [6, 6.07) is 7.77. The van der Waals surface area contributed by atoms with Crippen LogP contribution in [0.15, 0.2) is 22.7 Å². The van der Waals surface area contributed by atoms with Crippen molar-refractivity contribution in [3.8, 4) is 6.07 Å². The van der Waals surface area contributed by atoms with Gasteiger partial charge in [-0.2, -0.15) is 17.0 Å². The summed E-state index contributed by atoms with van der Waals surface area (Å²) >= 11 is 5.15. The minimum atomic E-state index is 0.667. The molecule has 0 aliphatic heterocycles. The molecule has 0 aliphatic carbocycles. The van der Waals surface area contributed by atoms with Crippen LogP contribution in [0.3, 0.4) is 0 Å². The summed E-state index contributed by atoms with van der Waals surface area (Å²) in [5, 5.41) is 12.0. The minimum absolute atomic E-state index is 0.667. The molecular formula is C10H11BrN2S. The molecular weight excluding hydrogens is 260 g/mol. The Labute approximate surface area is 96.8 Å². The van der Waals surface area contributed by atoms with E-state index < -0.39 is 0 Å². The first-order chi connectivity index (χ1) is 6.77. The lowest BCUT2D eigenvalue weighted by atomic mass is 10.2. The molecule has 2 nitrogen and oxygen atoms in total. The Hall–Kier alpha value is -0.660. The third-order valence-corrected chi connectivity index (χ3v) is 2.99. The number of anilines is 1. The Kier molecular flexibility index (Phi) is 4.85. The Morgan fingerprint density at radius 2 is 2.36 bits per heavy atom. The predicted molar refractivity (Wildman–Crippen MR) is 65.7 cm³/mol. The zero-order valence-electron chi connectivity index (χ0n) is 7.88. The highest BCUT2D eigenvalue weighted by Gasteiger charge is 1.99. The van der Waals surface area contributed by atoms with Crippen molar-refractivity contribution in [2.24, 2.45) is 0 Å². The van der Waals surface area contributed by atoms with Crippen molar-refractivity contribution in [3.05, 3.63) is 28.2 Å². The van der Waals surface area contributed by atoms with E-state index in [2.05, 4.69) is 33.6 Å². The summed E-state index contributed by atoms with van der Waals surface area (Å²) in [7, 11) is 0. The summed E-state index contributed by atoms with van der Waals surface area (Å²) in [6.07, 6.45) is 2.08. The van der Waals surface area contributed by atoms with Crippen LogP contribution in [0.25, 0.3) is 0 Å². The van der Waals surface area contributed by atoms with E-state index in [1.54, 1.807) is 11.8 Å². The van der Waals surface area contributed by atoms with E-state index in [-0.39, 0.29) is 0 Å². The van der Waals surface area contributed by atoms with Gasteiger partial charge in [-0.3, -0.25) is 0 Å². The molecule has 0 aliphatic rings. The molecule has 0 atom stereocenters. The van der Waals surface area contributed by atoms with Gasteiger partial charge in [-0.25, -0.2) is 0 Å². The van der Waals surface area contributed by atoms with E-state index in [4.69, 9.17) is 5.26 Å². The molecule has 0 spiro atoms. The van der Waals surface area contributed by atoms with Gasteiger partial charge in [0.05, 0.1) is 5.56 Å². The van der Waals surface area contributed by atoms with E-state index >= 15 is 0 Å². The quantitative estimate of drug-likeness (QED) is 0.855. The lowest BCUT2D eigenvalue weighted by Gasteiger charge is -2.05. The number of nitrogens with zero attached hydrogens (tertiary/aromatic N) is 1. The molecule has 4 heteroatoms. The summed E-state index contributed by atoms with van der Waals surface area (Å²) in [6.45, 7) is 0.944. The highest BCUT2D eigenvalue weighted by atomic mass is 79.9. The Morgan fingerprint density at radius 3 is 2.93 bits per heavy atom. The average Bonchev–Trinajstić information content (AvgIpc) is 2.18. The number of nitriles is 1. The maximum atomic E-state index is 8.72. The average molecular weight is 271 g/mol. The van der Waals surface area contributed by atoms with Crippen molar-refractivity contribution >= 4 is 33.4 Å². The molecule has 0 radical (unpaired) electrons. The van der Waals surface area contributed by atoms with Gasteiger partial charge < -0.3 is 5.32 Å². The largest absolute Gasteiger partial charge is 0.384 e. The molecule has 0 unspecified atom stereocenters. The Morgan fingerprint density at radius 1 is 1.57 bits per heavy atom. The zero-order valence-corrected chi connectivity index (χ0v) is 10.3. The summed E-state index contributed by atoms with van der Waals surface area (Å²) in [5.41, 5.74) is 1.71. The molecule has 0 saturated carbocycles. The summed E-state index contributed by atoms with van der Waals surface area (Å²) in [4.78, 5) is 0. The van der Waals surface area contributed by atoms with Crippen molar-refractivity contribution in [2.45, 2.75) is 0 Å². The van der Waals surface area contributed by atoms with Gasteiger partial charge in [0.15, 0.2) is 0 Å². The molecule has 0 fully saturated rings. The number of benzene rings is 1. The summed E-state index contributed by atoms with van der Waals surface area (Å²) in [5.74, 6) is 1.08. The molecule has 1 rings (SSSR count). The van der Waals surface area contributed by atoms with Gasteiger partial charge in [-0.1, -0.05) is 0 Å². The van der Waals surface area contributed by atoms with Gasteiger partial charge in [-0.05, 0) is 40.4 Å². The monoisotopic (exact) mass is 270 g/mol. The van der Waals surface area contributed by atoms with Crippen LogP contribution in [0.1, 0.15) is 5.56 Å². The van der Waals surface area contributed by atoms with E-state index in [0.29, 0.717) is 5.56 Å². The van der Waals surface area contributed by atoms with Crippen molar-refractivity contribution in [3.63, 3.8) is 0 Å². The number of rotatable bonds is 4. The van der Waals surface area contributed by atoms with Crippen LogP contribution in [0.5, 0.6) is 0 Å². The second-order valence-corrected chi connectivity index (χ2v) is 4.57. The first-order valence-corrected chi connectivity index (χ1v) is 6.39. The van der Waals surface area contributed by atoms with E-state index in [0.717, 1.165) is 22.5 Å². The maximum absolute atomic E-state index is 8.72. The van der Waals surface area contributed by atoms with Crippen LogP contribution in [0.4, 0.5) is 5.69 Å². The van der Waals surface area contributed by atoms with Crippen LogP contribution in [-0.4, -0.2) is 18.6 Å². The Balaban J connectivity index is 2.63. The van der Waals surface area contributed by atoms with Crippen LogP contribution >= 0.6 is 27.7 Å². The van der Waals surface area contributed by atoms with Gasteiger partial charge >= 0.3 is 0 Å². The fourth-order valence-electron chi connectivity index (χ4n) is 1.01. The van der Waals surface area contributed by atoms with E-state index in [1.165, 1.54) is 0 Å². The van der Waals surface area contributed by atoms with Crippen LogP contribution < -0.4 is 5.32 Å². The molecule has 0 heterocycles. The fraction of sp³-hybridized carbons (Fsp3) is 0.300. The first kappa shape index (κ1) is 11.4. The first-order valence-electron chi connectivity index (χ1n) is 4.20. The lowest BCUT2D eigenvalue weighted by molar-refractivity contribution is 1.23. The maximum Gasteiger partial charge on any atom is 0.100 e. The molecule has 0 saturated heterocycles. The topological polar surface area (TPSA) is 35.8 Å². The van der Waals surface area contributed by atoms with Crippen molar-refractivity contribution < 1.29 is 0 Å². The van der Waals surface area contributed by atoms with Crippen molar-refractivity contribution in [1.82, 2.24) is 0 Å². The predicted octanol–water partition coefficient (Wildman–Crippen LogP) is 3.10. The number of halogens is 1. The van der Waals surface area contributed by atoms with Gasteiger partial charge in [-0.15, -0.1) is 0 Å². The third-order valence-electron chi connectivity index (χ3n) is 1.72. The van der Waals surface area contributed by atoms with Crippen LogP contribution in [0, 0.1) is 11.3 Å². The molecule has 1 N–H and O–H groups in total. The van der Waals surface area contributed by atoms with Crippen LogP contribution in [-0.2, 0) is 0 Å². The summed E-state index contributed by atoms with van der Waals surface area (Å²) < 4.78 is 0.842. The van der Waals surface area contributed by atoms with Crippen LogP contribution in [0.2, 0.25) is 0 Å². The number of nitrogens with one attached hydrogen (secondary N) is 1. The molecule has 1 aromatic rings.